The van der Waals surface area contributed by atoms with E-state index in [4.69, 9.17) is 4.74 Å². The number of ether oxygens (including phenoxy) is 1. The van der Waals surface area contributed by atoms with Gasteiger partial charge >= 0.3 is 0 Å². The lowest BCUT2D eigenvalue weighted by molar-refractivity contribution is 0.0930. The molecule has 0 aliphatic carbocycles. The van der Waals surface area contributed by atoms with Crippen LogP contribution in [0.3, 0.4) is 0 Å². The van der Waals surface area contributed by atoms with Crippen molar-refractivity contribution in [1.29, 1.82) is 0 Å². The summed E-state index contributed by atoms with van der Waals surface area (Å²) in [5, 5.41) is 11.8. The Bertz CT molecular complexity index is 911. The second-order valence-electron chi connectivity index (χ2n) is 6.51. The molecule has 0 bridgehead atoms. The van der Waals surface area contributed by atoms with Crippen LogP contribution in [0.4, 0.5) is 0 Å². The summed E-state index contributed by atoms with van der Waals surface area (Å²) >= 11 is 0. The topological polar surface area (TPSA) is 74.0 Å². The van der Waals surface area contributed by atoms with Crippen LogP contribution >= 0.6 is 0 Å². The highest BCUT2D eigenvalue weighted by molar-refractivity contribution is 5.92. The molecule has 0 fully saturated rings. The SMILES string of the molecule is CCCc1cc(C(=O)N[C@@H](C)c2cnn(-c3ccc(OC)cc3)c2)n(C)n1. The average molecular weight is 367 g/mol. The molecule has 7 nitrogen and oxygen atoms in total. The number of amides is 1. The van der Waals surface area contributed by atoms with E-state index in [1.54, 1.807) is 29.7 Å². The van der Waals surface area contributed by atoms with E-state index in [0.717, 1.165) is 35.5 Å². The van der Waals surface area contributed by atoms with Gasteiger partial charge in [0, 0.05) is 18.8 Å². The van der Waals surface area contributed by atoms with Gasteiger partial charge in [-0.15, -0.1) is 0 Å². The van der Waals surface area contributed by atoms with Gasteiger partial charge in [-0.05, 0) is 43.7 Å². The molecule has 2 aromatic heterocycles. The summed E-state index contributed by atoms with van der Waals surface area (Å²) in [5.74, 6) is 0.655. The smallest absolute Gasteiger partial charge is 0.270 e. The van der Waals surface area contributed by atoms with Crippen molar-refractivity contribution in [3.05, 3.63) is 59.7 Å². The zero-order chi connectivity index (χ0) is 19.4. The number of nitrogens with one attached hydrogen (secondary N) is 1. The zero-order valence-corrected chi connectivity index (χ0v) is 16.1. The lowest BCUT2D eigenvalue weighted by Crippen LogP contribution is -2.28. The fourth-order valence-electron chi connectivity index (χ4n) is 2.91. The van der Waals surface area contributed by atoms with Crippen molar-refractivity contribution in [1.82, 2.24) is 24.9 Å². The molecule has 0 saturated carbocycles. The van der Waals surface area contributed by atoms with Crippen LogP contribution in [-0.4, -0.2) is 32.6 Å². The normalized spacial score (nSPS) is 12.0. The Morgan fingerprint density at radius 3 is 2.70 bits per heavy atom. The van der Waals surface area contributed by atoms with Crippen molar-refractivity contribution in [2.24, 2.45) is 7.05 Å². The second kappa shape index (κ2) is 8.07. The number of aromatic nitrogens is 4. The van der Waals surface area contributed by atoms with Gasteiger partial charge in [-0.1, -0.05) is 13.3 Å². The number of hydrogen-bond donors (Lipinski definition) is 1. The van der Waals surface area contributed by atoms with Crippen LogP contribution in [0.2, 0.25) is 0 Å². The summed E-state index contributed by atoms with van der Waals surface area (Å²) in [6.45, 7) is 4.04. The van der Waals surface area contributed by atoms with E-state index in [2.05, 4.69) is 22.4 Å². The quantitative estimate of drug-likeness (QED) is 0.696. The first-order chi connectivity index (χ1) is 13.0. The Kier molecular flexibility index (Phi) is 5.59. The molecule has 1 N–H and O–H groups in total. The van der Waals surface area contributed by atoms with Gasteiger partial charge in [0.25, 0.3) is 5.91 Å². The fourth-order valence-corrected chi connectivity index (χ4v) is 2.91. The summed E-state index contributed by atoms with van der Waals surface area (Å²) in [4.78, 5) is 12.6. The lowest BCUT2D eigenvalue weighted by atomic mass is 10.2. The molecule has 0 saturated heterocycles. The third kappa shape index (κ3) is 4.19. The molecule has 0 radical (unpaired) electrons. The minimum atomic E-state index is -0.172. The molecule has 27 heavy (non-hydrogen) atoms. The maximum absolute atomic E-state index is 12.6. The number of nitrogens with zero attached hydrogens (tertiary/aromatic N) is 4. The monoisotopic (exact) mass is 367 g/mol. The van der Waals surface area contributed by atoms with Crippen molar-refractivity contribution in [3.8, 4) is 11.4 Å². The molecule has 2 heterocycles. The highest BCUT2D eigenvalue weighted by Crippen LogP contribution is 2.18. The summed E-state index contributed by atoms with van der Waals surface area (Å²) in [6.07, 6.45) is 5.55. The number of rotatable bonds is 7. The molecule has 142 valence electrons. The van der Waals surface area contributed by atoms with Gasteiger partial charge in [-0.3, -0.25) is 9.48 Å². The standard InChI is InChI=1S/C20H25N5O2/c1-5-6-16-11-19(24(3)23-16)20(26)22-14(2)15-12-21-25(13-15)17-7-9-18(27-4)10-8-17/h7-14H,5-6H2,1-4H3,(H,22,26)/t14-/m0/s1. The predicted molar refractivity (Wildman–Crippen MR) is 103 cm³/mol. The summed E-state index contributed by atoms with van der Waals surface area (Å²) in [5.41, 5.74) is 3.35. The Morgan fingerprint density at radius 1 is 1.30 bits per heavy atom. The maximum atomic E-state index is 12.6. The van der Waals surface area contributed by atoms with E-state index in [1.807, 2.05) is 43.5 Å². The van der Waals surface area contributed by atoms with Gasteiger partial charge < -0.3 is 10.1 Å². The first kappa shape index (κ1) is 18.7. The van der Waals surface area contributed by atoms with Crippen LogP contribution in [-0.2, 0) is 13.5 Å². The molecule has 0 aliphatic rings. The molecule has 3 aromatic rings. The number of hydrogen-bond acceptors (Lipinski definition) is 4. The number of carbonyl (C=O) groups excluding carboxylic acids is 1. The number of aryl methyl sites for hydroxylation is 2. The molecule has 1 atom stereocenters. The molecule has 0 unspecified atom stereocenters. The van der Waals surface area contributed by atoms with E-state index in [1.165, 1.54) is 0 Å². The zero-order valence-electron chi connectivity index (χ0n) is 16.1. The molecule has 0 spiro atoms. The van der Waals surface area contributed by atoms with Crippen molar-refractivity contribution in [3.63, 3.8) is 0 Å². The Hall–Kier alpha value is -3.09. The van der Waals surface area contributed by atoms with Crippen LogP contribution in [0.15, 0.2) is 42.7 Å². The van der Waals surface area contributed by atoms with Crippen molar-refractivity contribution >= 4 is 5.91 Å². The highest BCUT2D eigenvalue weighted by Gasteiger charge is 2.17. The largest absolute Gasteiger partial charge is 0.497 e. The lowest BCUT2D eigenvalue weighted by Gasteiger charge is -2.12. The van der Waals surface area contributed by atoms with E-state index in [9.17, 15) is 4.79 Å². The van der Waals surface area contributed by atoms with E-state index < -0.39 is 0 Å². The Labute approximate surface area is 159 Å². The molecule has 3 rings (SSSR count). The first-order valence-electron chi connectivity index (χ1n) is 9.04. The van der Waals surface area contributed by atoms with E-state index >= 15 is 0 Å². The maximum Gasteiger partial charge on any atom is 0.270 e. The van der Waals surface area contributed by atoms with Gasteiger partial charge in [-0.2, -0.15) is 10.2 Å². The van der Waals surface area contributed by atoms with Crippen LogP contribution in [0, 0.1) is 0 Å². The summed E-state index contributed by atoms with van der Waals surface area (Å²) in [7, 11) is 3.43. The number of benzene rings is 1. The van der Waals surface area contributed by atoms with Crippen LogP contribution in [0.1, 0.15) is 48.1 Å². The van der Waals surface area contributed by atoms with Crippen LogP contribution in [0.5, 0.6) is 5.75 Å². The van der Waals surface area contributed by atoms with Gasteiger partial charge in [0.1, 0.15) is 11.4 Å². The van der Waals surface area contributed by atoms with E-state index in [-0.39, 0.29) is 11.9 Å². The predicted octanol–water partition coefficient (Wildman–Crippen LogP) is 3.06. The van der Waals surface area contributed by atoms with Crippen molar-refractivity contribution in [2.75, 3.05) is 7.11 Å². The molecule has 7 heteroatoms. The second-order valence-corrected chi connectivity index (χ2v) is 6.51. The minimum Gasteiger partial charge on any atom is -0.497 e. The number of methoxy groups -OCH3 is 1. The summed E-state index contributed by atoms with van der Waals surface area (Å²) < 4.78 is 8.59. The third-order valence-electron chi connectivity index (χ3n) is 4.46. The molecular weight excluding hydrogens is 342 g/mol. The van der Waals surface area contributed by atoms with Crippen LogP contribution < -0.4 is 10.1 Å². The molecule has 0 aliphatic heterocycles. The van der Waals surface area contributed by atoms with Crippen molar-refractivity contribution in [2.45, 2.75) is 32.7 Å². The fraction of sp³-hybridized carbons (Fsp3) is 0.350. The van der Waals surface area contributed by atoms with E-state index in [0.29, 0.717) is 5.69 Å². The third-order valence-corrected chi connectivity index (χ3v) is 4.46. The highest BCUT2D eigenvalue weighted by atomic mass is 16.5. The molecule has 1 aromatic carbocycles. The van der Waals surface area contributed by atoms with Gasteiger partial charge in [0.05, 0.1) is 30.7 Å². The van der Waals surface area contributed by atoms with Gasteiger partial charge in [0.15, 0.2) is 0 Å². The first-order valence-corrected chi connectivity index (χ1v) is 9.04. The average Bonchev–Trinajstić information content (AvgIpc) is 3.29. The summed E-state index contributed by atoms with van der Waals surface area (Å²) in [6, 6.07) is 9.32. The van der Waals surface area contributed by atoms with Gasteiger partial charge in [0.2, 0.25) is 0 Å². The molecule has 1 amide bonds. The van der Waals surface area contributed by atoms with Gasteiger partial charge in [-0.25, -0.2) is 4.68 Å². The Balaban J connectivity index is 1.70. The molecular formula is C20H25N5O2. The van der Waals surface area contributed by atoms with Crippen LogP contribution in [0.25, 0.3) is 5.69 Å². The Morgan fingerprint density at radius 2 is 2.04 bits per heavy atom. The van der Waals surface area contributed by atoms with Crippen molar-refractivity contribution < 1.29 is 9.53 Å². The number of carbonyl (C=O) groups is 1. The minimum absolute atomic E-state index is 0.142.